The fourth-order valence-electron chi connectivity index (χ4n) is 1.26. The molecule has 1 rings (SSSR count). The van der Waals surface area contributed by atoms with Gasteiger partial charge >= 0.3 is 0 Å². The molecule has 0 fully saturated rings. The van der Waals surface area contributed by atoms with Crippen molar-refractivity contribution in [1.82, 2.24) is 5.32 Å². The van der Waals surface area contributed by atoms with Crippen molar-refractivity contribution < 1.29 is 13.9 Å². The zero-order valence-corrected chi connectivity index (χ0v) is 9.08. The van der Waals surface area contributed by atoms with Crippen LogP contribution in [-0.2, 0) is 0 Å². The van der Waals surface area contributed by atoms with Crippen molar-refractivity contribution in [2.75, 3.05) is 6.54 Å². The van der Waals surface area contributed by atoms with E-state index in [0.717, 1.165) is 12.1 Å². The molecular weight excluding hydrogens is 212 g/mol. The minimum Gasteiger partial charge on any atom is -0.387 e. The maximum Gasteiger partial charge on any atom is 0.131 e. The van der Waals surface area contributed by atoms with Gasteiger partial charge in [0, 0.05) is 24.2 Å². The lowest BCUT2D eigenvalue weighted by molar-refractivity contribution is 0.168. The zero-order chi connectivity index (χ0) is 12.1. The molecule has 88 valence electrons. The Labute approximate surface area is 93.6 Å². The van der Waals surface area contributed by atoms with Crippen LogP contribution in [0.5, 0.6) is 0 Å². The van der Waals surface area contributed by atoms with Crippen LogP contribution >= 0.6 is 0 Å². The summed E-state index contributed by atoms with van der Waals surface area (Å²) in [6.45, 7) is 5.62. The standard InChI is InChI=1S/C12H15F2NO/c1-3-8(2)15-7-12(16)10-5-4-9(13)6-11(10)14/h3-6,8,12,15-16H,1,7H2,2H3. The van der Waals surface area contributed by atoms with Crippen molar-refractivity contribution in [3.63, 3.8) is 0 Å². The molecule has 0 saturated heterocycles. The van der Waals surface area contributed by atoms with Gasteiger partial charge in [-0.15, -0.1) is 6.58 Å². The Morgan fingerprint density at radius 2 is 2.19 bits per heavy atom. The first kappa shape index (κ1) is 12.8. The summed E-state index contributed by atoms with van der Waals surface area (Å²) in [4.78, 5) is 0. The topological polar surface area (TPSA) is 32.3 Å². The van der Waals surface area contributed by atoms with Crippen LogP contribution in [0.25, 0.3) is 0 Å². The molecule has 0 bridgehead atoms. The highest BCUT2D eigenvalue weighted by Crippen LogP contribution is 2.17. The van der Waals surface area contributed by atoms with Crippen molar-refractivity contribution in [3.8, 4) is 0 Å². The summed E-state index contributed by atoms with van der Waals surface area (Å²) in [6.07, 6.45) is 0.677. The Morgan fingerprint density at radius 1 is 1.50 bits per heavy atom. The van der Waals surface area contributed by atoms with Crippen molar-refractivity contribution in [2.45, 2.75) is 19.1 Å². The Hall–Kier alpha value is -1.26. The lowest BCUT2D eigenvalue weighted by Crippen LogP contribution is -2.29. The predicted molar refractivity (Wildman–Crippen MR) is 59.0 cm³/mol. The van der Waals surface area contributed by atoms with Gasteiger partial charge in [0.1, 0.15) is 11.6 Å². The van der Waals surface area contributed by atoms with Gasteiger partial charge in [0.05, 0.1) is 6.10 Å². The molecule has 0 spiro atoms. The molecule has 2 nitrogen and oxygen atoms in total. The summed E-state index contributed by atoms with van der Waals surface area (Å²) in [7, 11) is 0. The van der Waals surface area contributed by atoms with Crippen LogP contribution in [0.4, 0.5) is 8.78 Å². The molecule has 0 aliphatic heterocycles. The molecule has 0 amide bonds. The van der Waals surface area contributed by atoms with E-state index in [2.05, 4.69) is 11.9 Å². The van der Waals surface area contributed by atoms with Gasteiger partial charge in [0.25, 0.3) is 0 Å². The largest absolute Gasteiger partial charge is 0.387 e. The van der Waals surface area contributed by atoms with Gasteiger partial charge in [-0.25, -0.2) is 8.78 Å². The minimum absolute atomic E-state index is 0.0261. The second kappa shape index (κ2) is 5.72. The maximum atomic E-state index is 13.3. The number of benzene rings is 1. The lowest BCUT2D eigenvalue weighted by Gasteiger charge is -2.15. The van der Waals surface area contributed by atoms with E-state index in [1.807, 2.05) is 6.92 Å². The van der Waals surface area contributed by atoms with Gasteiger partial charge in [-0.3, -0.25) is 0 Å². The first-order valence-electron chi connectivity index (χ1n) is 5.03. The van der Waals surface area contributed by atoms with Crippen molar-refractivity contribution in [2.24, 2.45) is 0 Å². The third-order valence-corrected chi connectivity index (χ3v) is 2.31. The minimum atomic E-state index is -0.997. The third-order valence-electron chi connectivity index (χ3n) is 2.31. The fourth-order valence-corrected chi connectivity index (χ4v) is 1.26. The van der Waals surface area contributed by atoms with Crippen LogP contribution in [0.15, 0.2) is 30.9 Å². The summed E-state index contributed by atoms with van der Waals surface area (Å²) >= 11 is 0. The van der Waals surface area contributed by atoms with Crippen molar-refractivity contribution in [3.05, 3.63) is 48.1 Å². The Kier molecular flexibility index (Phi) is 4.58. The zero-order valence-electron chi connectivity index (χ0n) is 9.08. The molecule has 2 unspecified atom stereocenters. The highest BCUT2D eigenvalue weighted by atomic mass is 19.1. The summed E-state index contributed by atoms with van der Waals surface area (Å²) in [5, 5.41) is 12.6. The van der Waals surface area contributed by atoms with Gasteiger partial charge in [0.15, 0.2) is 0 Å². The molecule has 2 N–H and O–H groups in total. The Balaban J connectivity index is 2.65. The van der Waals surface area contributed by atoms with E-state index in [1.165, 1.54) is 6.07 Å². The van der Waals surface area contributed by atoms with E-state index >= 15 is 0 Å². The fraction of sp³-hybridized carbons (Fsp3) is 0.333. The lowest BCUT2D eigenvalue weighted by atomic mass is 10.1. The Bertz CT molecular complexity index is 368. The molecule has 0 aliphatic rings. The molecule has 0 radical (unpaired) electrons. The Morgan fingerprint density at radius 3 is 2.75 bits per heavy atom. The first-order chi connectivity index (χ1) is 7.54. The first-order valence-corrected chi connectivity index (χ1v) is 5.03. The molecule has 0 aliphatic carbocycles. The SMILES string of the molecule is C=CC(C)NCC(O)c1ccc(F)cc1F. The molecule has 0 aromatic heterocycles. The summed E-state index contributed by atoms with van der Waals surface area (Å²) in [5.41, 5.74) is 0.0881. The van der Waals surface area contributed by atoms with Crippen LogP contribution in [0.2, 0.25) is 0 Å². The van der Waals surface area contributed by atoms with Crippen LogP contribution in [0, 0.1) is 11.6 Å². The van der Waals surface area contributed by atoms with E-state index in [-0.39, 0.29) is 18.2 Å². The number of nitrogens with one attached hydrogen (secondary N) is 1. The van der Waals surface area contributed by atoms with E-state index in [0.29, 0.717) is 0 Å². The van der Waals surface area contributed by atoms with Crippen molar-refractivity contribution >= 4 is 0 Å². The second-order valence-electron chi connectivity index (χ2n) is 3.61. The molecular formula is C12H15F2NO. The smallest absolute Gasteiger partial charge is 0.131 e. The van der Waals surface area contributed by atoms with Gasteiger partial charge in [-0.2, -0.15) is 0 Å². The molecule has 0 saturated carbocycles. The van der Waals surface area contributed by atoms with Crippen molar-refractivity contribution in [1.29, 1.82) is 0 Å². The summed E-state index contributed by atoms with van der Waals surface area (Å²) in [5.74, 6) is -1.39. The van der Waals surface area contributed by atoms with Crippen LogP contribution in [-0.4, -0.2) is 17.7 Å². The monoisotopic (exact) mass is 227 g/mol. The quantitative estimate of drug-likeness (QED) is 0.755. The molecule has 1 aromatic rings. The summed E-state index contributed by atoms with van der Waals surface area (Å²) in [6, 6.07) is 3.15. The molecule has 1 aromatic carbocycles. The predicted octanol–water partition coefficient (Wildman–Crippen LogP) is 2.16. The maximum absolute atomic E-state index is 13.3. The van der Waals surface area contributed by atoms with E-state index in [9.17, 15) is 13.9 Å². The average Bonchev–Trinajstić information content (AvgIpc) is 2.25. The van der Waals surface area contributed by atoms with Crippen LogP contribution in [0.1, 0.15) is 18.6 Å². The van der Waals surface area contributed by atoms with E-state index in [1.54, 1.807) is 6.08 Å². The molecule has 2 atom stereocenters. The van der Waals surface area contributed by atoms with E-state index < -0.39 is 17.7 Å². The van der Waals surface area contributed by atoms with Gasteiger partial charge < -0.3 is 10.4 Å². The van der Waals surface area contributed by atoms with E-state index in [4.69, 9.17) is 0 Å². The van der Waals surface area contributed by atoms with Gasteiger partial charge in [-0.1, -0.05) is 12.1 Å². The number of hydrogen-bond donors (Lipinski definition) is 2. The number of rotatable bonds is 5. The third kappa shape index (κ3) is 3.40. The average molecular weight is 227 g/mol. The highest BCUT2D eigenvalue weighted by Gasteiger charge is 2.13. The number of halogens is 2. The molecule has 16 heavy (non-hydrogen) atoms. The van der Waals surface area contributed by atoms with Crippen LogP contribution in [0.3, 0.4) is 0 Å². The normalized spacial score (nSPS) is 14.5. The highest BCUT2D eigenvalue weighted by molar-refractivity contribution is 5.21. The number of hydrogen-bond acceptors (Lipinski definition) is 2. The second-order valence-corrected chi connectivity index (χ2v) is 3.61. The number of aliphatic hydroxyl groups excluding tert-OH is 1. The molecule has 0 heterocycles. The molecule has 4 heteroatoms. The summed E-state index contributed by atoms with van der Waals surface area (Å²) < 4.78 is 25.9. The van der Waals surface area contributed by atoms with Gasteiger partial charge in [-0.05, 0) is 13.0 Å². The van der Waals surface area contributed by atoms with Crippen LogP contribution < -0.4 is 5.32 Å². The van der Waals surface area contributed by atoms with Gasteiger partial charge in [0.2, 0.25) is 0 Å². The number of aliphatic hydroxyl groups is 1.